The number of ether oxygens (including phenoxy) is 2. The van der Waals surface area contributed by atoms with E-state index in [-0.39, 0.29) is 12.7 Å². The highest BCUT2D eigenvalue weighted by atomic mass is 16.5. The Bertz CT molecular complexity index is 1080. The molecule has 1 aliphatic heterocycles. The molecule has 2 atom stereocenters. The average molecular weight is 437 g/mol. The molecule has 2 aromatic carbocycles. The van der Waals surface area contributed by atoms with Gasteiger partial charge in [0.15, 0.2) is 0 Å². The molecule has 2 unspecified atom stereocenters. The zero-order valence-corrected chi connectivity index (χ0v) is 18.6. The molecule has 4 rings (SSSR count). The van der Waals surface area contributed by atoms with Gasteiger partial charge in [-0.15, -0.1) is 0 Å². The molecule has 1 saturated heterocycles. The second-order valence-electron chi connectivity index (χ2n) is 8.13. The van der Waals surface area contributed by atoms with Crippen LogP contribution < -0.4 is 4.74 Å². The monoisotopic (exact) mass is 436 g/mol. The first kappa shape index (κ1) is 22.0. The highest BCUT2D eigenvalue weighted by molar-refractivity contribution is 5.73. The van der Waals surface area contributed by atoms with E-state index >= 15 is 0 Å². The van der Waals surface area contributed by atoms with Crippen LogP contribution in [-0.4, -0.2) is 46.8 Å². The SMILES string of the molecule is Cc1ccc(-c2nc(C(C)Oc3cccc(CN4CCOCC4C(=O)O)c3)c(C)o2)cc1. The maximum atomic E-state index is 11.5. The Morgan fingerprint density at radius 3 is 2.78 bits per heavy atom. The molecule has 0 bridgehead atoms. The van der Waals surface area contributed by atoms with Crippen LogP contribution in [0.25, 0.3) is 11.5 Å². The van der Waals surface area contributed by atoms with E-state index in [1.54, 1.807) is 0 Å². The van der Waals surface area contributed by atoms with E-state index in [9.17, 15) is 9.90 Å². The van der Waals surface area contributed by atoms with Gasteiger partial charge in [0.1, 0.15) is 29.3 Å². The maximum Gasteiger partial charge on any atom is 0.323 e. The molecule has 168 valence electrons. The number of morpholine rings is 1. The molecule has 0 amide bonds. The largest absolute Gasteiger partial charge is 0.484 e. The van der Waals surface area contributed by atoms with Crippen molar-refractivity contribution >= 4 is 5.97 Å². The summed E-state index contributed by atoms with van der Waals surface area (Å²) in [5.41, 5.74) is 3.85. The number of carbonyl (C=O) groups is 1. The van der Waals surface area contributed by atoms with Gasteiger partial charge in [0, 0.05) is 18.7 Å². The lowest BCUT2D eigenvalue weighted by atomic mass is 10.1. The van der Waals surface area contributed by atoms with E-state index in [0.29, 0.717) is 31.3 Å². The van der Waals surface area contributed by atoms with Gasteiger partial charge in [-0.05, 0) is 50.6 Å². The van der Waals surface area contributed by atoms with Crippen LogP contribution in [0.1, 0.15) is 35.6 Å². The second kappa shape index (κ2) is 9.54. The minimum absolute atomic E-state index is 0.206. The van der Waals surface area contributed by atoms with Gasteiger partial charge in [-0.3, -0.25) is 9.69 Å². The van der Waals surface area contributed by atoms with Gasteiger partial charge >= 0.3 is 5.97 Å². The van der Waals surface area contributed by atoms with Crippen molar-refractivity contribution in [2.75, 3.05) is 19.8 Å². The highest BCUT2D eigenvalue weighted by Gasteiger charge is 2.29. The Morgan fingerprint density at radius 2 is 2.03 bits per heavy atom. The highest BCUT2D eigenvalue weighted by Crippen LogP contribution is 2.29. The number of carboxylic acid groups (broad SMARTS) is 1. The van der Waals surface area contributed by atoms with Crippen LogP contribution in [0.3, 0.4) is 0 Å². The predicted molar refractivity (Wildman–Crippen MR) is 120 cm³/mol. The summed E-state index contributed by atoms with van der Waals surface area (Å²) < 4.78 is 17.4. The molecule has 0 spiro atoms. The van der Waals surface area contributed by atoms with Crippen LogP contribution in [0.2, 0.25) is 0 Å². The quantitative estimate of drug-likeness (QED) is 0.588. The van der Waals surface area contributed by atoms with Gasteiger partial charge < -0.3 is 19.0 Å². The zero-order valence-electron chi connectivity index (χ0n) is 18.6. The van der Waals surface area contributed by atoms with Crippen molar-refractivity contribution in [3.8, 4) is 17.2 Å². The van der Waals surface area contributed by atoms with Crippen molar-refractivity contribution in [1.82, 2.24) is 9.88 Å². The van der Waals surface area contributed by atoms with Gasteiger partial charge in [0.05, 0.1) is 13.2 Å². The fourth-order valence-corrected chi connectivity index (χ4v) is 3.87. The third kappa shape index (κ3) is 5.00. The Morgan fingerprint density at radius 1 is 1.25 bits per heavy atom. The molecular weight excluding hydrogens is 408 g/mol. The number of aromatic nitrogens is 1. The fourth-order valence-electron chi connectivity index (χ4n) is 3.87. The number of oxazole rings is 1. The second-order valence-corrected chi connectivity index (χ2v) is 8.13. The van der Waals surface area contributed by atoms with Gasteiger partial charge in [-0.2, -0.15) is 0 Å². The molecule has 0 aliphatic carbocycles. The van der Waals surface area contributed by atoms with E-state index in [1.807, 2.05) is 74.2 Å². The van der Waals surface area contributed by atoms with E-state index in [4.69, 9.17) is 13.9 Å². The summed E-state index contributed by atoms with van der Waals surface area (Å²) in [6, 6.07) is 15.2. The Kier molecular flexibility index (Phi) is 6.58. The molecule has 1 fully saturated rings. The molecule has 0 saturated carbocycles. The fraction of sp³-hybridized carbons (Fsp3) is 0.360. The number of carboxylic acids is 1. The molecule has 7 nitrogen and oxygen atoms in total. The summed E-state index contributed by atoms with van der Waals surface area (Å²) in [4.78, 5) is 18.1. The predicted octanol–water partition coefficient (Wildman–Crippen LogP) is 4.38. The number of aliphatic carboxylic acids is 1. The Labute approximate surface area is 187 Å². The zero-order chi connectivity index (χ0) is 22.7. The van der Waals surface area contributed by atoms with Crippen molar-refractivity contribution in [3.63, 3.8) is 0 Å². The molecule has 2 heterocycles. The van der Waals surface area contributed by atoms with Crippen molar-refractivity contribution in [3.05, 3.63) is 71.1 Å². The first-order valence-corrected chi connectivity index (χ1v) is 10.8. The number of rotatable bonds is 7. The summed E-state index contributed by atoms with van der Waals surface area (Å²) in [6.07, 6.45) is -0.302. The van der Waals surface area contributed by atoms with Crippen molar-refractivity contribution in [1.29, 1.82) is 0 Å². The molecule has 3 aromatic rings. The van der Waals surface area contributed by atoms with Gasteiger partial charge in [0.25, 0.3) is 0 Å². The molecule has 1 aliphatic rings. The molecule has 1 aromatic heterocycles. The molecule has 32 heavy (non-hydrogen) atoms. The van der Waals surface area contributed by atoms with Crippen LogP contribution >= 0.6 is 0 Å². The first-order valence-electron chi connectivity index (χ1n) is 10.8. The number of nitrogens with zero attached hydrogens (tertiary/aromatic N) is 2. The first-order chi connectivity index (χ1) is 15.4. The van der Waals surface area contributed by atoms with Crippen LogP contribution in [-0.2, 0) is 16.1 Å². The number of aryl methyl sites for hydroxylation is 2. The van der Waals surface area contributed by atoms with E-state index < -0.39 is 12.0 Å². The van der Waals surface area contributed by atoms with Crippen LogP contribution in [0.15, 0.2) is 52.9 Å². The summed E-state index contributed by atoms with van der Waals surface area (Å²) in [7, 11) is 0. The van der Waals surface area contributed by atoms with E-state index in [1.165, 1.54) is 5.56 Å². The van der Waals surface area contributed by atoms with Gasteiger partial charge in [-0.25, -0.2) is 4.98 Å². The van der Waals surface area contributed by atoms with E-state index in [2.05, 4.69) is 4.98 Å². The van der Waals surface area contributed by atoms with Crippen molar-refractivity contribution in [2.45, 2.75) is 39.5 Å². The summed E-state index contributed by atoms with van der Waals surface area (Å²) >= 11 is 0. The number of benzene rings is 2. The summed E-state index contributed by atoms with van der Waals surface area (Å²) in [6.45, 7) is 7.72. The Hall–Kier alpha value is -3.16. The number of hydrogen-bond donors (Lipinski definition) is 1. The molecule has 7 heteroatoms. The van der Waals surface area contributed by atoms with Crippen LogP contribution in [0.4, 0.5) is 0 Å². The topological polar surface area (TPSA) is 85.0 Å². The Balaban J connectivity index is 1.46. The summed E-state index contributed by atoms with van der Waals surface area (Å²) in [5.74, 6) is 1.14. The number of hydrogen-bond acceptors (Lipinski definition) is 6. The third-order valence-corrected chi connectivity index (χ3v) is 5.64. The molecular formula is C25H28N2O5. The lowest BCUT2D eigenvalue weighted by Gasteiger charge is -2.32. The minimum Gasteiger partial charge on any atom is -0.484 e. The van der Waals surface area contributed by atoms with Crippen LogP contribution in [0, 0.1) is 13.8 Å². The van der Waals surface area contributed by atoms with Gasteiger partial charge in [0.2, 0.25) is 5.89 Å². The van der Waals surface area contributed by atoms with Gasteiger partial charge in [-0.1, -0.05) is 29.8 Å². The van der Waals surface area contributed by atoms with Crippen molar-refractivity contribution in [2.24, 2.45) is 0 Å². The standard InChI is InChI=1S/C25H28N2O5/c1-16-7-9-20(10-8-16)24-26-23(18(3)32-24)17(2)31-21-6-4-5-19(13-21)14-27-11-12-30-15-22(27)25(28)29/h4-10,13,17,22H,11-12,14-15H2,1-3H3,(H,28,29). The summed E-state index contributed by atoms with van der Waals surface area (Å²) in [5, 5.41) is 9.45. The smallest absolute Gasteiger partial charge is 0.323 e. The van der Waals surface area contributed by atoms with E-state index in [0.717, 1.165) is 22.6 Å². The normalized spacial score (nSPS) is 17.8. The minimum atomic E-state index is -0.864. The maximum absolute atomic E-state index is 11.5. The lowest BCUT2D eigenvalue weighted by molar-refractivity contribution is -0.150. The molecule has 1 N–H and O–H groups in total. The van der Waals surface area contributed by atoms with Crippen LogP contribution in [0.5, 0.6) is 5.75 Å². The molecule has 0 radical (unpaired) electrons. The van der Waals surface area contributed by atoms with Crippen molar-refractivity contribution < 1.29 is 23.8 Å². The lowest BCUT2D eigenvalue weighted by Crippen LogP contribution is -2.49. The average Bonchev–Trinajstić information content (AvgIpc) is 3.16. The third-order valence-electron chi connectivity index (χ3n) is 5.64.